The molecular formula is C75H54N8. The Balaban J connectivity index is 1.10. The Kier molecular flexibility index (Phi) is 13.1. The van der Waals surface area contributed by atoms with Crippen LogP contribution in [0.1, 0.15) is 16.7 Å². The van der Waals surface area contributed by atoms with E-state index in [0.717, 1.165) is 129 Å². The molecule has 0 unspecified atom stereocenters. The van der Waals surface area contributed by atoms with Crippen molar-refractivity contribution < 1.29 is 0 Å². The summed E-state index contributed by atoms with van der Waals surface area (Å²) in [6.07, 6.45) is 0. The van der Waals surface area contributed by atoms with Gasteiger partial charge in [-0.15, -0.1) is 0 Å². The number of aromatic nitrogens is 6. The number of benzene rings is 10. The standard InChI is InChI=1S/C75H54N8/c1-49-42-50(2)71(51(3)43-49)60-45-58(74-77-61(52-26-10-4-11-27-52)46-62(78-74)53-28-12-5-13-29-53)44-59(66-48-63(54-30-14-6-15-31-54)76-73(79-66)57-36-20-9-21-37-57)72(60)82-67-38-22-24-40-69(67)83(70-41-25-23-39-68(70)82)75-80-64(55-32-16-7-17-33-55)47-65(81-75)56-34-18-8-19-35-56/h4-48H,1-3H3. The third kappa shape index (κ3) is 9.68. The predicted molar refractivity (Wildman–Crippen MR) is 339 cm³/mol. The second-order valence-electron chi connectivity index (χ2n) is 20.9. The Bertz CT molecular complexity index is 4280. The van der Waals surface area contributed by atoms with Crippen molar-refractivity contribution in [1.82, 2.24) is 29.9 Å². The van der Waals surface area contributed by atoms with Crippen LogP contribution in [0.5, 0.6) is 0 Å². The molecule has 1 aliphatic rings. The van der Waals surface area contributed by atoms with Gasteiger partial charge in [-0.05, 0) is 92.1 Å². The Hall–Kier alpha value is -11.0. The van der Waals surface area contributed by atoms with Gasteiger partial charge in [-0.2, -0.15) is 0 Å². The molecule has 8 heteroatoms. The van der Waals surface area contributed by atoms with E-state index in [4.69, 9.17) is 29.9 Å². The van der Waals surface area contributed by atoms with Crippen LogP contribution in [-0.4, -0.2) is 29.9 Å². The van der Waals surface area contributed by atoms with Crippen LogP contribution in [0.15, 0.2) is 273 Å². The smallest absolute Gasteiger partial charge is 0.235 e. The Morgan fingerprint density at radius 1 is 0.253 bits per heavy atom. The van der Waals surface area contributed by atoms with Crippen LogP contribution in [0.4, 0.5) is 34.4 Å². The molecule has 1 aliphatic heterocycles. The van der Waals surface area contributed by atoms with E-state index in [1.165, 1.54) is 5.56 Å². The zero-order chi connectivity index (χ0) is 55.8. The minimum Gasteiger partial charge on any atom is -0.305 e. The van der Waals surface area contributed by atoms with Crippen LogP contribution in [0.3, 0.4) is 0 Å². The summed E-state index contributed by atoms with van der Waals surface area (Å²) in [5.41, 5.74) is 22.4. The fourth-order valence-electron chi connectivity index (χ4n) is 11.6. The quantitative estimate of drug-likeness (QED) is 0.127. The lowest BCUT2D eigenvalue weighted by Gasteiger charge is -2.41. The molecule has 0 N–H and O–H groups in total. The number of anilines is 6. The van der Waals surface area contributed by atoms with Gasteiger partial charge < -0.3 is 4.90 Å². The maximum Gasteiger partial charge on any atom is 0.235 e. The average molecular weight is 1070 g/mol. The molecular weight excluding hydrogens is 1010 g/mol. The first-order valence-corrected chi connectivity index (χ1v) is 27.9. The molecule has 0 fully saturated rings. The zero-order valence-electron chi connectivity index (χ0n) is 46.1. The maximum atomic E-state index is 5.66. The number of rotatable bonds is 11. The highest BCUT2D eigenvalue weighted by atomic mass is 15.3. The summed E-state index contributed by atoms with van der Waals surface area (Å²) >= 11 is 0. The largest absolute Gasteiger partial charge is 0.305 e. The molecule has 13 aromatic rings. The molecule has 0 amide bonds. The van der Waals surface area contributed by atoms with Crippen molar-refractivity contribution in [3.8, 4) is 101 Å². The van der Waals surface area contributed by atoms with Gasteiger partial charge in [-0.25, -0.2) is 29.9 Å². The molecule has 0 bridgehead atoms. The molecule has 0 saturated carbocycles. The van der Waals surface area contributed by atoms with E-state index >= 15 is 0 Å². The van der Waals surface area contributed by atoms with Gasteiger partial charge in [0.25, 0.3) is 0 Å². The van der Waals surface area contributed by atoms with Gasteiger partial charge in [-0.1, -0.05) is 224 Å². The Labute approximate surface area is 483 Å². The van der Waals surface area contributed by atoms with Gasteiger partial charge in [0.05, 0.1) is 62.6 Å². The molecule has 0 aliphatic carbocycles. The lowest BCUT2D eigenvalue weighted by atomic mass is 9.87. The SMILES string of the molecule is Cc1cc(C)c(-c2cc(-c3nc(-c4ccccc4)cc(-c4ccccc4)n3)cc(-c3cc(-c4ccccc4)nc(-c4ccccc4)n3)c2N2c3ccccc3N(c3nc(-c4ccccc4)cc(-c4ccccc4)n3)c3ccccc32)c(C)c1. The zero-order valence-corrected chi connectivity index (χ0v) is 46.1. The van der Waals surface area contributed by atoms with E-state index in [-0.39, 0.29) is 0 Å². The summed E-state index contributed by atoms with van der Waals surface area (Å²) < 4.78 is 0. The van der Waals surface area contributed by atoms with Crippen LogP contribution in [0.25, 0.3) is 101 Å². The number of fused-ring (bicyclic) bond motifs is 2. The normalized spacial score (nSPS) is 11.7. The van der Waals surface area contributed by atoms with Gasteiger partial charge in [-0.3, -0.25) is 4.90 Å². The Morgan fingerprint density at radius 3 is 0.952 bits per heavy atom. The number of aryl methyl sites for hydroxylation is 3. The number of hydrogen-bond donors (Lipinski definition) is 0. The molecule has 3 aromatic heterocycles. The Morgan fingerprint density at radius 2 is 0.554 bits per heavy atom. The highest BCUT2D eigenvalue weighted by Gasteiger charge is 2.36. The van der Waals surface area contributed by atoms with E-state index in [2.05, 4.69) is 255 Å². The first-order chi connectivity index (χ1) is 40.9. The van der Waals surface area contributed by atoms with E-state index < -0.39 is 0 Å². The van der Waals surface area contributed by atoms with Crippen molar-refractivity contribution in [2.24, 2.45) is 0 Å². The number of hydrogen-bond acceptors (Lipinski definition) is 8. The minimum atomic E-state index is 0.547. The minimum absolute atomic E-state index is 0.547. The molecule has 0 spiro atoms. The van der Waals surface area contributed by atoms with E-state index in [9.17, 15) is 0 Å². The molecule has 0 saturated heterocycles. The van der Waals surface area contributed by atoms with Gasteiger partial charge in [0, 0.05) is 50.1 Å². The summed E-state index contributed by atoms with van der Waals surface area (Å²) in [5.74, 6) is 1.73. The summed E-state index contributed by atoms with van der Waals surface area (Å²) in [5, 5.41) is 0. The third-order valence-electron chi connectivity index (χ3n) is 15.3. The number of para-hydroxylation sites is 4. The lowest BCUT2D eigenvalue weighted by molar-refractivity contribution is 1.06. The summed E-state index contributed by atoms with van der Waals surface area (Å²) in [6.45, 7) is 6.61. The van der Waals surface area contributed by atoms with E-state index in [1.54, 1.807) is 0 Å². The molecule has 10 aromatic carbocycles. The molecule has 83 heavy (non-hydrogen) atoms. The van der Waals surface area contributed by atoms with Gasteiger partial charge in [0.1, 0.15) is 0 Å². The van der Waals surface area contributed by atoms with E-state index in [1.807, 2.05) is 48.5 Å². The first kappa shape index (κ1) is 50.3. The van der Waals surface area contributed by atoms with Crippen molar-refractivity contribution >= 4 is 34.4 Å². The third-order valence-corrected chi connectivity index (χ3v) is 15.3. The summed E-state index contributed by atoms with van der Waals surface area (Å²) in [4.78, 5) is 37.5. The molecule has 14 rings (SSSR count). The van der Waals surface area contributed by atoms with Gasteiger partial charge >= 0.3 is 0 Å². The summed E-state index contributed by atoms with van der Waals surface area (Å²) in [7, 11) is 0. The van der Waals surface area contributed by atoms with Gasteiger partial charge in [0.2, 0.25) is 5.95 Å². The predicted octanol–water partition coefficient (Wildman–Crippen LogP) is 19.2. The maximum absolute atomic E-state index is 5.66. The second-order valence-corrected chi connectivity index (χ2v) is 20.9. The van der Waals surface area contributed by atoms with Crippen LogP contribution >= 0.6 is 0 Å². The van der Waals surface area contributed by atoms with Crippen LogP contribution < -0.4 is 9.80 Å². The molecule has 8 nitrogen and oxygen atoms in total. The first-order valence-electron chi connectivity index (χ1n) is 27.9. The topological polar surface area (TPSA) is 83.8 Å². The molecule has 0 radical (unpaired) electrons. The van der Waals surface area contributed by atoms with Crippen molar-refractivity contribution in [3.63, 3.8) is 0 Å². The fraction of sp³-hybridized carbons (Fsp3) is 0.0400. The van der Waals surface area contributed by atoms with Gasteiger partial charge in [0.15, 0.2) is 11.6 Å². The monoisotopic (exact) mass is 1070 g/mol. The van der Waals surface area contributed by atoms with Crippen molar-refractivity contribution in [3.05, 3.63) is 290 Å². The number of nitrogens with zero attached hydrogens (tertiary/aromatic N) is 8. The summed E-state index contributed by atoms with van der Waals surface area (Å²) in [6, 6.07) is 94.7. The van der Waals surface area contributed by atoms with Crippen LogP contribution in [0, 0.1) is 20.8 Å². The van der Waals surface area contributed by atoms with Crippen molar-refractivity contribution in [2.75, 3.05) is 9.80 Å². The van der Waals surface area contributed by atoms with Crippen LogP contribution in [-0.2, 0) is 0 Å². The average Bonchev–Trinajstić information content (AvgIpc) is 1.85. The highest BCUT2D eigenvalue weighted by molar-refractivity contribution is 6.08. The second kappa shape index (κ2) is 21.6. The molecule has 4 heterocycles. The van der Waals surface area contributed by atoms with Crippen molar-refractivity contribution in [1.29, 1.82) is 0 Å². The van der Waals surface area contributed by atoms with E-state index in [0.29, 0.717) is 17.6 Å². The van der Waals surface area contributed by atoms with Crippen LogP contribution in [0.2, 0.25) is 0 Å². The van der Waals surface area contributed by atoms with Crippen molar-refractivity contribution in [2.45, 2.75) is 20.8 Å². The fourth-order valence-corrected chi connectivity index (χ4v) is 11.6. The molecule has 0 atom stereocenters. The highest BCUT2D eigenvalue weighted by Crippen LogP contribution is 2.58. The lowest BCUT2D eigenvalue weighted by Crippen LogP contribution is -2.26. The molecule has 394 valence electrons.